The predicted molar refractivity (Wildman–Crippen MR) is 131 cm³/mol. The van der Waals surface area contributed by atoms with E-state index in [1.165, 1.54) is 24.3 Å². The Labute approximate surface area is 199 Å². The molecule has 35 heavy (non-hydrogen) atoms. The van der Waals surface area contributed by atoms with Crippen molar-refractivity contribution in [3.8, 4) is 11.3 Å². The number of carbonyl (C=O) groups is 1. The van der Waals surface area contributed by atoms with Crippen LogP contribution >= 0.6 is 0 Å². The van der Waals surface area contributed by atoms with Gasteiger partial charge in [-0.3, -0.25) is 9.59 Å². The fourth-order valence-electron chi connectivity index (χ4n) is 4.13. The minimum absolute atomic E-state index is 0.268. The number of benzene rings is 3. The molecule has 0 spiro atoms. The van der Waals surface area contributed by atoms with Gasteiger partial charge in [0.15, 0.2) is 0 Å². The summed E-state index contributed by atoms with van der Waals surface area (Å²) in [5.41, 5.74) is 4.39. The van der Waals surface area contributed by atoms with Crippen LogP contribution in [-0.4, -0.2) is 20.3 Å². The number of aryl methyl sites for hydroxylation is 2. The zero-order valence-corrected chi connectivity index (χ0v) is 19.2. The van der Waals surface area contributed by atoms with Crippen LogP contribution in [0.5, 0.6) is 0 Å². The normalized spacial score (nSPS) is 11.3. The summed E-state index contributed by atoms with van der Waals surface area (Å²) in [5.74, 6) is -1.20. The Morgan fingerprint density at radius 3 is 2.43 bits per heavy atom. The first kappa shape index (κ1) is 22.5. The van der Waals surface area contributed by atoms with Gasteiger partial charge in [-0.25, -0.2) is 13.5 Å². The number of rotatable bonds is 5. The minimum atomic E-state index is -0.465. The predicted octanol–water partition coefficient (Wildman–Crippen LogP) is 4.88. The topological polar surface area (TPSA) is 68.9 Å². The van der Waals surface area contributed by atoms with Gasteiger partial charge in [-0.1, -0.05) is 18.2 Å². The summed E-state index contributed by atoms with van der Waals surface area (Å²) in [6, 6.07) is 15.9. The zero-order chi connectivity index (χ0) is 24.7. The Morgan fingerprint density at radius 2 is 1.69 bits per heavy atom. The van der Waals surface area contributed by atoms with Crippen LogP contribution in [0.15, 0.2) is 71.7 Å². The second-order valence-corrected chi connectivity index (χ2v) is 8.62. The van der Waals surface area contributed by atoms with E-state index in [0.29, 0.717) is 28.8 Å². The first-order chi connectivity index (χ1) is 16.8. The molecule has 8 heteroatoms. The lowest BCUT2D eigenvalue weighted by Gasteiger charge is -2.14. The van der Waals surface area contributed by atoms with Crippen molar-refractivity contribution in [3.05, 3.63) is 106 Å². The third-order valence-corrected chi connectivity index (χ3v) is 6.10. The van der Waals surface area contributed by atoms with Crippen LogP contribution in [0.2, 0.25) is 0 Å². The van der Waals surface area contributed by atoms with Gasteiger partial charge in [0.1, 0.15) is 23.9 Å². The van der Waals surface area contributed by atoms with E-state index in [1.54, 1.807) is 35.0 Å². The van der Waals surface area contributed by atoms with Crippen LogP contribution < -0.4 is 10.9 Å². The molecule has 0 fully saturated rings. The van der Waals surface area contributed by atoms with E-state index in [2.05, 4.69) is 10.4 Å². The maximum absolute atomic E-state index is 14.2. The van der Waals surface area contributed by atoms with Crippen molar-refractivity contribution >= 4 is 22.5 Å². The van der Waals surface area contributed by atoms with Crippen LogP contribution in [0.1, 0.15) is 16.7 Å². The Balaban J connectivity index is 1.53. The molecule has 2 heterocycles. The Hall–Kier alpha value is -4.33. The molecule has 5 rings (SSSR count). The molecule has 176 valence electrons. The van der Waals surface area contributed by atoms with E-state index >= 15 is 0 Å². The van der Waals surface area contributed by atoms with Gasteiger partial charge in [0.2, 0.25) is 5.91 Å². The molecule has 0 saturated heterocycles. The molecule has 2 aliphatic heterocycles. The standard InChI is InChI=1S/C27H22F2N4O2/c1-16-3-9-21(11-17(16)2)30-25(34)15-33-27(35)23-14-32(13-18-4-6-19(28)7-5-18)24-10-8-20(29)12-22(24)26(23)31-33/h3-12,14H,13,15H2,1-2H3,(H,30,34). The molecule has 0 bridgehead atoms. The summed E-state index contributed by atoms with van der Waals surface area (Å²) >= 11 is 0. The largest absolute Gasteiger partial charge is 0.342 e. The maximum atomic E-state index is 14.2. The monoisotopic (exact) mass is 472 g/mol. The van der Waals surface area contributed by atoms with Crippen molar-refractivity contribution in [2.45, 2.75) is 26.9 Å². The van der Waals surface area contributed by atoms with Crippen molar-refractivity contribution in [3.63, 3.8) is 0 Å². The highest BCUT2D eigenvalue weighted by Gasteiger charge is 2.22. The fourth-order valence-corrected chi connectivity index (χ4v) is 4.13. The molecular formula is C27H22F2N4O2. The Bertz CT molecular complexity index is 1600. The van der Waals surface area contributed by atoms with Crippen LogP contribution in [0.3, 0.4) is 0 Å². The number of hydrogen-bond donors (Lipinski definition) is 1. The average molecular weight is 472 g/mol. The number of amides is 1. The molecular weight excluding hydrogens is 450 g/mol. The molecule has 0 atom stereocenters. The van der Waals surface area contributed by atoms with Crippen LogP contribution in [-0.2, 0) is 17.9 Å². The Morgan fingerprint density at radius 1 is 0.943 bits per heavy atom. The number of fused-ring (bicyclic) bond motifs is 3. The van der Waals surface area contributed by atoms with Gasteiger partial charge >= 0.3 is 0 Å². The molecule has 0 aromatic heterocycles. The summed E-state index contributed by atoms with van der Waals surface area (Å²) in [5, 5.41) is 7.61. The molecule has 3 aromatic carbocycles. The lowest BCUT2D eigenvalue weighted by Crippen LogP contribution is -2.26. The van der Waals surface area contributed by atoms with Gasteiger partial charge in [-0.05, 0) is 73.0 Å². The number of hydrogen-bond acceptors (Lipinski definition) is 3. The van der Waals surface area contributed by atoms with Crippen molar-refractivity contribution in [1.29, 1.82) is 0 Å². The number of carbonyl (C=O) groups excluding carboxylic acids is 1. The molecule has 3 aromatic rings. The number of halogens is 2. The second-order valence-electron chi connectivity index (χ2n) is 8.62. The SMILES string of the molecule is Cc1ccc(NC(=O)Cn2nc3c4cc(F)ccc4n(Cc4ccc(F)cc4)cc-3c2=O)cc1C. The highest BCUT2D eigenvalue weighted by atomic mass is 19.1. The van der Waals surface area contributed by atoms with Gasteiger partial charge in [-0.2, -0.15) is 5.10 Å². The van der Waals surface area contributed by atoms with Crippen LogP contribution in [0, 0.1) is 25.5 Å². The van der Waals surface area contributed by atoms with E-state index in [0.717, 1.165) is 21.4 Å². The molecule has 6 nitrogen and oxygen atoms in total. The first-order valence-electron chi connectivity index (χ1n) is 11.1. The number of aromatic nitrogens is 3. The lowest BCUT2D eigenvalue weighted by atomic mass is 10.1. The number of anilines is 1. The van der Waals surface area contributed by atoms with Gasteiger partial charge in [0.25, 0.3) is 5.56 Å². The van der Waals surface area contributed by atoms with Crippen LogP contribution in [0.4, 0.5) is 14.5 Å². The fraction of sp³-hybridized carbons (Fsp3) is 0.148. The highest BCUT2D eigenvalue weighted by molar-refractivity contribution is 5.94. The quantitative estimate of drug-likeness (QED) is 0.396. The molecule has 0 saturated carbocycles. The lowest BCUT2D eigenvalue weighted by molar-refractivity contribution is -0.116. The van der Waals surface area contributed by atoms with E-state index in [4.69, 9.17) is 0 Å². The van der Waals surface area contributed by atoms with Crippen molar-refractivity contribution in [2.75, 3.05) is 5.32 Å². The summed E-state index contributed by atoms with van der Waals surface area (Å²) in [4.78, 5) is 25.8. The van der Waals surface area contributed by atoms with Crippen molar-refractivity contribution < 1.29 is 13.6 Å². The third-order valence-electron chi connectivity index (χ3n) is 6.10. The van der Waals surface area contributed by atoms with Gasteiger partial charge in [0, 0.05) is 23.8 Å². The zero-order valence-electron chi connectivity index (χ0n) is 19.2. The molecule has 1 amide bonds. The van der Waals surface area contributed by atoms with E-state index in [-0.39, 0.29) is 17.9 Å². The third kappa shape index (κ3) is 4.42. The summed E-state index contributed by atoms with van der Waals surface area (Å²) in [6.45, 7) is 3.99. The van der Waals surface area contributed by atoms with Crippen molar-refractivity contribution in [1.82, 2.24) is 14.3 Å². The molecule has 2 aliphatic rings. The van der Waals surface area contributed by atoms with Gasteiger partial charge in [-0.15, -0.1) is 0 Å². The molecule has 1 N–H and O–H groups in total. The van der Waals surface area contributed by atoms with Crippen LogP contribution in [0.25, 0.3) is 22.2 Å². The Kier molecular flexibility index (Phi) is 5.64. The van der Waals surface area contributed by atoms with E-state index in [9.17, 15) is 18.4 Å². The molecule has 0 radical (unpaired) electrons. The minimum Gasteiger partial charge on any atom is -0.342 e. The van der Waals surface area contributed by atoms with Gasteiger partial charge < -0.3 is 9.88 Å². The molecule has 0 aliphatic carbocycles. The van der Waals surface area contributed by atoms with E-state index < -0.39 is 17.3 Å². The second kappa shape index (κ2) is 8.79. The first-order valence-corrected chi connectivity index (χ1v) is 11.1. The van der Waals surface area contributed by atoms with Gasteiger partial charge in [0.05, 0.1) is 11.1 Å². The number of nitrogens with one attached hydrogen (secondary N) is 1. The average Bonchev–Trinajstić information content (AvgIpc) is 3.13. The number of pyridine rings is 1. The highest BCUT2D eigenvalue weighted by Crippen LogP contribution is 2.29. The smallest absolute Gasteiger partial charge is 0.278 e. The number of nitrogens with zero attached hydrogens (tertiary/aromatic N) is 3. The maximum Gasteiger partial charge on any atom is 0.278 e. The molecule has 0 unspecified atom stereocenters. The summed E-state index contributed by atoms with van der Waals surface area (Å²) in [7, 11) is 0. The van der Waals surface area contributed by atoms with E-state index in [1.807, 2.05) is 26.0 Å². The summed E-state index contributed by atoms with van der Waals surface area (Å²) < 4.78 is 30.4. The summed E-state index contributed by atoms with van der Waals surface area (Å²) in [6.07, 6.45) is 1.64. The van der Waals surface area contributed by atoms with Crippen molar-refractivity contribution in [2.24, 2.45) is 0 Å².